The molecule has 0 aromatic rings. The lowest BCUT2D eigenvalue weighted by Crippen LogP contribution is -2.40. The Morgan fingerprint density at radius 2 is 1.38 bits per heavy atom. The van der Waals surface area contributed by atoms with Gasteiger partial charge in [-0.25, -0.2) is 0 Å². The van der Waals surface area contributed by atoms with Crippen LogP contribution >= 0.6 is 0 Å². The van der Waals surface area contributed by atoms with Crippen LogP contribution in [0.4, 0.5) is 0 Å². The molecule has 0 aromatic carbocycles. The third-order valence-corrected chi connectivity index (χ3v) is 4.56. The van der Waals surface area contributed by atoms with Gasteiger partial charge in [0.25, 0.3) is 0 Å². The molecule has 1 aliphatic rings. The predicted molar refractivity (Wildman–Crippen MR) is 104 cm³/mol. The van der Waals surface area contributed by atoms with E-state index in [1.807, 2.05) is 0 Å². The van der Waals surface area contributed by atoms with Gasteiger partial charge in [0.1, 0.15) is 0 Å². The Morgan fingerprint density at radius 1 is 0.875 bits per heavy atom. The van der Waals surface area contributed by atoms with E-state index in [1.54, 1.807) is 0 Å². The first-order valence-electron chi connectivity index (χ1n) is 9.53. The molecule has 0 bridgehead atoms. The van der Waals surface area contributed by atoms with Crippen LogP contribution in [0.5, 0.6) is 0 Å². The van der Waals surface area contributed by atoms with Gasteiger partial charge in [-0.3, -0.25) is 0 Å². The zero-order chi connectivity index (χ0) is 18.0. The van der Waals surface area contributed by atoms with E-state index >= 15 is 0 Å². The second-order valence-corrected chi connectivity index (χ2v) is 7.86. The molecule has 0 spiro atoms. The van der Waals surface area contributed by atoms with Gasteiger partial charge in [-0.1, -0.05) is 41.9 Å². The summed E-state index contributed by atoms with van der Waals surface area (Å²) in [6.45, 7) is 14.7. The number of hydrogen-bond acceptors (Lipinski definition) is 2. The van der Waals surface area contributed by atoms with Gasteiger partial charge in [0.15, 0.2) is 5.79 Å². The predicted octanol–water partition coefficient (Wildman–Crippen LogP) is 6.58. The number of rotatable bonds is 9. The standard InChI is InChI=1S/C22H38O2/c1-18(2)10-7-11-19(3)12-8-13-20(4)14-9-15-22(6)23-16-21(5)17-24-22/h10,12,14,21H,7-9,11,13,15-17H2,1-6H3. The summed E-state index contributed by atoms with van der Waals surface area (Å²) < 4.78 is 11.7. The number of allylic oxidation sites excluding steroid dienone is 6. The maximum atomic E-state index is 5.86. The Kier molecular flexibility index (Phi) is 9.61. The summed E-state index contributed by atoms with van der Waals surface area (Å²) in [5.74, 6) is 0.132. The van der Waals surface area contributed by atoms with Gasteiger partial charge in [0, 0.05) is 12.3 Å². The SMILES string of the molecule is CC(C)=CCCC(C)=CCCC(C)=CCCC1(C)OCC(C)CO1. The van der Waals surface area contributed by atoms with Crippen LogP contribution in [0, 0.1) is 5.92 Å². The second kappa shape index (κ2) is 10.9. The number of ether oxygens (including phenoxy) is 2. The van der Waals surface area contributed by atoms with Crippen molar-refractivity contribution in [2.75, 3.05) is 13.2 Å². The Hall–Kier alpha value is -0.860. The van der Waals surface area contributed by atoms with Crippen LogP contribution < -0.4 is 0 Å². The summed E-state index contributed by atoms with van der Waals surface area (Å²) in [6, 6.07) is 0. The lowest BCUT2D eigenvalue weighted by molar-refractivity contribution is -0.273. The minimum Gasteiger partial charge on any atom is -0.350 e. The fraction of sp³-hybridized carbons (Fsp3) is 0.727. The highest BCUT2D eigenvalue weighted by atomic mass is 16.7. The lowest BCUT2D eigenvalue weighted by Gasteiger charge is -2.36. The average Bonchev–Trinajstić information content (AvgIpc) is 2.50. The molecule has 1 heterocycles. The van der Waals surface area contributed by atoms with Gasteiger partial charge in [-0.05, 0) is 66.7 Å². The third kappa shape index (κ3) is 9.44. The topological polar surface area (TPSA) is 18.5 Å². The van der Waals surface area contributed by atoms with Crippen LogP contribution in [0.3, 0.4) is 0 Å². The van der Waals surface area contributed by atoms with E-state index in [0.717, 1.165) is 45.3 Å². The zero-order valence-electron chi connectivity index (χ0n) is 16.8. The van der Waals surface area contributed by atoms with E-state index in [4.69, 9.17) is 9.47 Å². The Balaban J connectivity index is 2.23. The summed E-state index contributed by atoms with van der Waals surface area (Å²) in [5, 5.41) is 0. The van der Waals surface area contributed by atoms with Crippen molar-refractivity contribution < 1.29 is 9.47 Å². The van der Waals surface area contributed by atoms with Crippen molar-refractivity contribution >= 4 is 0 Å². The summed E-state index contributed by atoms with van der Waals surface area (Å²) in [5.41, 5.74) is 4.39. The minimum absolute atomic E-state index is 0.384. The van der Waals surface area contributed by atoms with Gasteiger partial charge < -0.3 is 9.47 Å². The summed E-state index contributed by atoms with van der Waals surface area (Å²) in [7, 11) is 0. The molecule has 24 heavy (non-hydrogen) atoms. The maximum absolute atomic E-state index is 5.86. The molecule has 2 nitrogen and oxygen atoms in total. The van der Waals surface area contributed by atoms with Crippen LogP contribution in [0.25, 0.3) is 0 Å². The molecule has 0 unspecified atom stereocenters. The molecule has 1 saturated heterocycles. The first-order chi connectivity index (χ1) is 11.3. The first kappa shape index (κ1) is 21.2. The van der Waals surface area contributed by atoms with Gasteiger partial charge in [-0.15, -0.1) is 0 Å². The normalized spacial score (nSPS) is 25.7. The van der Waals surface area contributed by atoms with Crippen molar-refractivity contribution in [1.29, 1.82) is 0 Å². The monoisotopic (exact) mass is 334 g/mol. The van der Waals surface area contributed by atoms with Crippen molar-refractivity contribution in [2.24, 2.45) is 5.92 Å². The second-order valence-electron chi connectivity index (χ2n) is 7.86. The largest absolute Gasteiger partial charge is 0.350 e. The molecule has 0 atom stereocenters. The van der Waals surface area contributed by atoms with E-state index in [1.165, 1.54) is 23.1 Å². The fourth-order valence-corrected chi connectivity index (χ4v) is 2.79. The zero-order valence-corrected chi connectivity index (χ0v) is 16.8. The van der Waals surface area contributed by atoms with Gasteiger partial charge >= 0.3 is 0 Å². The lowest BCUT2D eigenvalue weighted by atomic mass is 10.0. The van der Waals surface area contributed by atoms with Crippen LogP contribution in [-0.2, 0) is 9.47 Å². The molecule has 0 saturated carbocycles. The summed E-state index contributed by atoms with van der Waals surface area (Å²) >= 11 is 0. The van der Waals surface area contributed by atoms with E-state index in [0.29, 0.717) is 5.92 Å². The molecule has 1 fully saturated rings. The van der Waals surface area contributed by atoms with E-state index < -0.39 is 0 Å². The summed E-state index contributed by atoms with van der Waals surface area (Å²) in [6.07, 6.45) is 13.7. The fourth-order valence-electron chi connectivity index (χ4n) is 2.79. The minimum atomic E-state index is -0.384. The first-order valence-corrected chi connectivity index (χ1v) is 9.53. The highest BCUT2D eigenvalue weighted by molar-refractivity contribution is 5.05. The molecular formula is C22H38O2. The van der Waals surface area contributed by atoms with Crippen LogP contribution in [0.1, 0.15) is 80.1 Å². The van der Waals surface area contributed by atoms with Gasteiger partial charge in [-0.2, -0.15) is 0 Å². The summed E-state index contributed by atoms with van der Waals surface area (Å²) in [4.78, 5) is 0. The molecule has 0 amide bonds. The molecule has 0 N–H and O–H groups in total. The molecule has 1 rings (SSSR count). The van der Waals surface area contributed by atoms with Crippen LogP contribution in [-0.4, -0.2) is 19.0 Å². The highest BCUT2D eigenvalue weighted by Crippen LogP contribution is 2.26. The average molecular weight is 335 g/mol. The van der Waals surface area contributed by atoms with Gasteiger partial charge in [0.05, 0.1) is 13.2 Å². The quantitative estimate of drug-likeness (QED) is 0.443. The molecule has 2 heteroatoms. The van der Waals surface area contributed by atoms with E-state index in [9.17, 15) is 0 Å². The Labute approximate surface area is 150 Å². The Bertz CT molecular complexity index is 445. The highest BCUT2D eigenvalue weighted by Gasteiger charge is 2.30. The maximum Gasteiger partial charge on any atom is 0.165 e. The van der Waals surface area contributed by atoms with Crippen molar-refractivity contribution in [3.8, 4) is 0 Å². The molecule has 0 radical (unpaired) electrons. The molecule has 0 aromatic heterocycles. The van der Waals surface area contributed by atoms with Crippen molar-refractivity contribution in [3.63, 3.8) is 0 Å². The van der Waals surface area contributed by atoms with Crippen molar-refractivity contribution in [3.05, 3.63) is 34.9 Å². The smallest absolute Gasteiger partial charge is 0.165 e. The molecule has 1 aliphatic heterocycles. The Morgan fingerprint density at radius 3 is 1.92 bits per heavy atom. The number of hydrogen-bond donors (Lipinski definition) is 0. The molecule has 138 valence electrons. The van der Waals surface area contributed by atoms with E-state index in [-0.39, 0.29) is 5.79 Å². The molecule has 0 aliphatic carbocycles. The van der Waals surface area contributed by atoms with E-state index in [2.05, 4.69) is 59.8 Å². The van der Waals surface area contributed by atoms with Crippen LogP contribution in [0.2, 0.25) is 0 Å². The van der Waals surface area contributed by atoms with Crippen molar-refractivity contribution in [2.45, 2.75) is 85.9 Å². The van der Waals surface area contributed by atoms with Crippen LogP contribution in [0.15, 0.2) is 34.9 Å². The van der Waals surface area contributed by atoms with Gasteiger partial charge in [0.2, 0.25) is 0 Å². The molecular weight excluding hydrogens is 296 g/mol. The third-order valence-electron chi connectivity index (χ3n) is 4.56. The van der Waals surface area contributed by atoms with Crippen molar-refractivity contribution in [1.82, 2.24) is 0 Å².